The maximum atomic E-state index is 12.0. The topological polar surface area (TPSA) is 94.8 Å². The molecule has 3 N–H and O–H groups in total. The van der Waals surface area contributed by atoms with Crippen molar-refractivity contribution in [2.45, 2.75) is 76.9 Å². The van der Waals surface area contributed by atoms with Crippen LogP contribution in [0.3, 0.4) is 0 Å². The zero-order valence-corrected chi connectivity index (χ0v) is 15.1. The summed E-state index contributed by atoms with van der Waals surface area (Å²) in [6.45, 7) is 2.12. The molecule has 0 aromatic carbocycles. The fraction of sp³-hybridized carbons (Fsp3) is 0.700. The summed E-state index contributed by atoms with van der Waals surface area (Å²) < 4.78 is 0. The zero-order chi connectivity index (χ0) is 18.7. The first-order valence-electron chi connectivity index (χ1n) is 9.39. The molecular formula is C20H32O5. The van der Waals surface area contributed by atoms with Crippen LogP contribution in [0.1, 0.15) is 64.7 Å². The van der Waals surface area contributed by atoms with Crippen molar-refractivity contribution in [2.24, 2.45) is 11.8 Å². The van der Waals surface area contributed by atoms with E-state index in [0.717, 1.165) is 25.7 Å². The lowest BCUT2D eigenvalue weighted by Gasteiger charge is -2.17. The Morgan fingerprint density at radius 1 is 1.28 bits per heavy atom. The van der Waals surface area contributed by atoms with Gasteiger partial charge in [-0.3, -0.25) is 9.59 Å². The van der Waals surface area contributed by atoms with Crippen LogP contribution in [0.25, 0.3) is 0 Å². The van der Waals surface area contributed by atoms with Gasteiger partial charge in [-0.1, -0.05) is 50.5 Å². The highest BCUT2D eigenvalue weighted by atomic mass is 16.4. The third-order valence-electron chi connectivity index (χ3n) is 4.71. The van der Waals surface area contributed by atoms with Gasteiger partial charge in [0, 0.05) is 24.7 Å². The van der Waals surface area contributed by atoms with Crippen LogP contribution >= 0.6 is 0 Å². The molecule has 0 amide bonds. The molecule has 4 atom stereocenters. The number of ketones is 1. The van der Waals surface area contributed by atoms with Crippen molar-refractivity contribution in [3.63, 3.8) is 0 Å². The van der Waals surface area contributed by atoms with Gasteiger partial charge in [0.2, 0.25) is 0 Å². The maximum absolute atomic E-state index is 12.0. The first kappa shape index (κ1) is 21.6. The number of aliphatic hydroxyl groups is 2. The number of carboxylic acids is 1. The van der Waals surface area contributed by atoms with E-state index in [0.29, 0.717) is 19.3 Å². The summed E-state index contributed by atoms with van der Waals surface area (Å²) in [6.07, 6.45) is 11.9. The minimum Gasteiger partial charge on any atom is -0.481 e. The highest BCUT2D eigenvalue weighted by Gasteiger charge is 2.39. The van der Waals surface area contributed by atoms with Gasteiger partial charge >= 0.3 is 5.97 Å². The Labute approximate surface area is 150 Å². The molecule has 0 aliphatic heterocycles. The molecule has 0 unspecified atom stereocenters. The molecule has 0 heterocycles. The normalized spacial score (nSPS) is 25.2. The molecule has 0 aromatic heterocycles. The SMILES string of the molecule is CCCCC[C@@H]1C(=O)C[C@H](O)[C@H]1/C=C/[C@@H](O)C/C=C\CCCC(=O)O. The van der Waals surface area contributed by atoms with Crippen molar-refractivity contribution in [3.8, 4) is 0 Å². The van der Waals surface area contributed by atoms with Crippen molar-refractivity contribution in [3.05, 3.63) is 24.3 Å². The van der Waals surface area contributed by atoms with Crippen LogP contribution in [-0.4, -0.2) is 39.3 Å². The number of aliphatic carboxylic acids is 1. The van der Waals surface area contributed by atoms with Crippen molar-refractivity contribution >= 4 is 11.8 Å². The minimum absolute atomic E-state index is 0.128. The van der Waals surface area contributed by atoms with Crippen molar-refractivity contribution in [2.75, 3.05) is 0 Å². The van der Waals surface area contributed by atoms with E-state index in [1.165, 1.54) is 0 Å². The Hall–Kier alpha value is -1.46. The minimum atomic E-state index is -0.797. The summed E-state index contributed by atoms with van der Waals surface area (Å²) in [4.78, 5) is 22.4. The van der Waals surface area contributed by atoms with Gasteiger partial charge in [-0.2, -0.15) is 0 Å². The van der Waals surface area contributed by atoms with Crippen LogP contribution in [0, 0.1) is 11.8 Å². The van der Waals surface area contributed by atoms with E-state index in [9.17, 15) is 19.8 Å². The fourth-order valence-corrected chi connectivity index (χ4v) is 3.27. The summed E-state index contributed by atoms with van der Waals surface area (Å²) in [5.41, 5.74) is 0. The number of unbranched alkanes of at least 4 members (excludes halogenated alkanes) is 3. The second-order valence-corrected chi connectivity index (χ2v) is 6.86. The van der Waals surface area contributed by atoms with E-state index in [4.69, 9.17) is 5.11 Å². The Bertz CT molecular complexity index is 469. The Morgan fingerprint density at radius 3 is 2.72 bits per heavy atom. The second-order valence-electron chi connectivity index (χ2n) is 6.86. The molecule has 0 bridgehead atoms. The number of hydrogen-bond donors (Lipinski definition) is 3. The molecule has 5 heteroatoms. The molecule has 142 valence electrons. The van der Waals surface area contributed by atoms with Crippen LogP contribution in [-0.2, 0) is 9.59 Å². The van der Waals surface area contributed by atoms with Gasteiger partial charge in [0.05, 0.1) is 12.2 Å². The predicted octanol–water partition coefficient (Wildman–Crippen LogP) is 3.25. The fourth-order valence-electron chi connectivity index (χ4n) is 3.27. The average Bonchev–Trinajstić information content (AvgIpc) is 2.82. The molecule has 1 aliphatic rings. The molecule has 5 nitrogen and oxygen atoms in total. The summed E-state index contributed by atoms with van der Waals surface area (Å²) in [5.74, 6) is -0.990. The van der Waals surface area contributed by atoms with Gasteiger partial charge < -0.3 is 15.3 Å². The molecule has 0 aromatic rings. The molecule has 0 spiro atoms. The number of aliphatic hydroxyl groups excluding tert-OH is 2. The highest BCUT2D eigenvalue weighted by Crippen LogP contribution is 2.34. The van der Waals surface area contributed by atoms with Crippen LogP contribution in [0.4, 0.5) is 0 Å². The number of Topliss-reactive ketones (excluding diaryl/α,β-unsaturated/α-hetero) is 1. The maximum Gasteiger partial charge on any atom is 0.303 e. The van der Waals surface area contributed by atoms with Gasteiger partial charge in [-0.25, -0.2) is 0 Å². The lowest BCUT2D eigenvalue weighted by molar-refractivity contribution is -0.137. The standard InChI is InChI=1S/C20H32O5/c1-2-3-6-10-16-17(19(23)14-18(16)22)13-12-15(21)9-7-4-5-8-11-20(24)25/h4,7,12-13,15-17,19,21,23H,2-3,5-6,8-11,14H2,1H3,(H,24,25)/b7-4-,13-12+/t15-,16-,17-,19-/m0/s1. The number of allylic oxidation sites excluding steroid dienone is 1. The average molecular weight is 352 g/mol. The first-order chi connectivity index (χ1) is 12.0. The molecule has 1 aliphatic carbocycles. The quantitative estimate of drug-likeness (QED) is 0.370. The summed E-state index contributed by atoms with van der Waals surface area (Å²) in [7, 11) is 0. The molecule has 25 heavy (non-hydrogen) atoms. The van der Waals surface area contributed by atoms with E-state index in [2.05, 4.69) is 6.92 Å². The van der Waals surface area contributed by atoms with E-state index >= 15 is 0 Å². The zero-order valence-electron chi connectivity index (χ0n) is 15.1. The van der Waals surface area contributed by atoms with Crippen molar-refractivity contribution < 1.29 is 24.9 Å². The van der Waals surface area contributed by atoms with Crippen LogP contribution in [0.15, 0.2) is 24.3 Å². The van der Waals surface area contributed by atoms with Crippen LogP contribution in [0.5, 0.6) is 0 Å². The monoisotopic (exact) mass is 352 g/mol. The van der Waals surface area contributed by atoms with Gasteiger partial charge in [-0.05, 0) is 25.7 Å². The van der Waals surface area contributed by atoms with Gasteiger partial charge in [0.15, 0.2) is 0 Å². The Morgan fingerprint density at radius 2 is 2.04 bits per heavy atom. The first-order valence-corrected chi connectivity index (χ1v) is 9.39. The molecule has 1 fully saturated rings. The lowest BCUT2D eigenvalue weighted by Crippen LogP contribution is -2.19. The molecule has 0 saturated heterocycles. The lowest BCUT2D eigenvalue weighted by atomic mass is 9.88. The van der Waals surface area contributed by atoms with E-state index in [-0.39, 0.29) is 30.5 Å². The number of carboxylic acid groups (broad SMARTS) is 1. The van der Waals surface area contributed by atoms with Crippen molar-refractivity contribution in [1.82, 2.24) is 0 Å². The Kier molecular flexibility index (Phi) is 10.3. The van der Waals surface area contributed by atoms with Crippen molar-refractivity contribution in [1.29, 1.82) is 0 Å². The molecule has 1 rings (SSSR count). The van der Waals surface area contributed by atoms with Gasteiger partial charge in [-0.15, -0.1) is 0 Å². The smallest absolute Gasteiger partial charge is 0.303 e. The van der Waals surface area contributed by atoms with E-state index in [1.807, 2.05) is 12.2 Å². The van der Waals surface area contributed by atoms with E-state index < -0.39 is 18.2 Å². The summed E-state index contributed by atoms with van der Waals surface area (Å²) >= 11 is 0. The third kappa shape index (κ3) is 8.45. The largest absolute Gasteiger partial charge is 0.481 e. The van der Waals surface area contributed by atoms with Crippen LogP contribution < -0.4 is 0 Å². The number of rotatable bonds is 12. The number of carbonyl (C=O) groups is 2. The molecule has 0 radical (unpaired) electrons. The summed E-state index contributed by atoms with van der Waals surface area (Å²) in [5, 5.41) is 28.7. The van der Waals surface area contributed by atoms with Crippen LogP contribution in [0.2, 0.25) is 0 Å². The number of hydrogen-bond acceptors (Lipinski definition) is 4. The molecular weight excluding hydrogens is 320 g/mol. The predicted molar refractivity (Wildman–Crippen MR) is 97.1 cm³/mol. The van der Waals surface area contributed by atoms with E-state index in [1.54, 1.807) is 12.2 Å². The molecule has 1 saturated carbocycles. The summed E-state index contributed by atoms with van der Waals surface area (Å²) in [6, 6.07) is 0. The highest BCUT2D eigenvalue weighted by molar-refractivity contribution is 5.84. The Balaban J connectivity index is 2.41. The number of carbonyl (C=O) groups excluding carboxylic acids is 1. The van der Waals surface area contributed by atoms with Gasteiger partial charge in [0.1, 0.15) is 5.78 Å². The van der Waals surface area contributed by atoms with Gasteiger partial charge in [0.25, 0.3) is 0 Å². The third-order valence-corrected chi connectivity index (χ3v) is 4.71. The second kappa shape index (κ2) is 12.0.